The normalized spacial score (nSPS) is 12.2. The number of alkyl halides is 1. The number of nitrogens with one attached hydrogen (secondary N) is 1. The van der Waals surface area contributed by atoms with Gasteiger partial charge < -0.3 is 10.1 Å². The third-order valence-electron chi connectivity index (χ3n) is 1.88. The molecule has 6 heteroatoms. The van der Waals surface area contributed by atoms with E-state index in [1.54, 1.807) is 6.20 Å². The third-order valence-corrected chi connectivity index (χ3v) is 2.68. The molecule has 1 rings (SSSR count). The number of rotatable bonds is 5. The summed E-state index contributed by atoms with van der Waals surface area (Å²) in [5.74, 6) is -0.432. The molecule has 1 aromatic heterocycles. The van der Waals surface area contributed by atoms with E-state index in [1.807, 2.05) is 12.1 Å². The molecule has 88 valence electrons. The highest BCUT2D eigenvalue weighted by Gasteiger charge is 2.14. The first-order valence-electron chi connectivity index (χ1n) is 4.66. The van der Waals surface area contributed by atoms with Crippen LogP contribution in [0.3, 0.4) is 0 Å². The van der Waals surface area contributed by atoms with Crippen LogP contribution in [0.4, 0.5) is 0 Å². The lowest BCUT2D eigenvalue weighted by molar-refractivity contribution is -0.140. The molecule has 0 aliphatic carbocycles. The molecule has 0 amide bonds. The van der Waals surface area contributed by atoms with Crippen molar-refractivity contribution in [2.45, 2.75) is 11.9 Å². The van der Waals surface area contributed by atoms with Gasteiger partial charge in [0.2, 0.25) is 0 Å². The van der Waals surface area contributed by atoms with E-state index in [1.165, 1.54) is 7.11 Å². The number of methoxy groups -OCH3 is 1. The highest BCUT2D eigenvalue weighted by atomic mass is 79.9. The standard InChI is InChI=1S/C10H12BrClN2O2/c1-16-10(15)9(12)6-13-5-8-3-2-7(11)4-14-8/h2-4,9,13H,5-6H2,1H3. The van der Waals surface area contributed by atoms with Crippen LogP contribution in [-0.4, -0.2) is 30.0 Å². The topological polar surface area (TPSA) is 51.2 Å². The second-order valence-corrected chi connectivity index (χ2v) is 4.53. The smallest absolute Gasteiger partial charge is 0.325 e. The van der Waals surface area contributed by atoms with E-state index in [9.17, 15) is 4.79 Å². The average molecular weight is 308 g/mol. The number of carbonyl (C=O) groups is 1. The molecule has 0 aliphatic rings. The molecule has 1 heterocycles. The number of nitrogens with zero attached hydrogens (tertiary/aromatic N) is 1. The third kappa shape index (κ3) is 4.47. The van der Waals surface area contributed by atoms with Crippen LogP contribution in [0.25, 0.3) is 0 Å². The summed E-state index contributed by atoms with van der Waals surface area (Å²) in [6.45, 7) is 0.916. The maximum Gasteiger partial charge on any atom is 0.325 e. The van der Waals surface area contributed by atoms with E-state index in [2.05, 4.69) is 31.0 Å². The highest BCUT2D eigenvalue weighted by Crippen LogP contribution is 2.07. The Morgan fingerprint density at radius 2 is 2.44 bits per heavy atom. The zero-order valence-corrected chi connectivity index (χ0v) is 11.1. The maximum atomic E-state index is 11.0. The lowest BCUT2D eigenvalue weighted by Gasteiger charge is -2.08. The van der Waals surface area contributed by atoms with Crippen molar-refractivity contribution in [3.05, 3.63) is 28.5 Å². The second-order valence-electron chi connectivity index (χ2n) is 3.09. The zero-order chi connectivity index (χ0) is 12.0. The second kappa shape index (κ2) is 6.83. The number of halogens is 2. The molecule has 1 unspecified atom stereocenters. The molecule has 0 saturated carbocycles. The van der Waals surface area contributed by atoms with Crippen molar-refractivity contribution in [2.75, 3.05) is 13.7 Å². The highest BCUT2D eigenvalue weighted by molar-refractivity contribution is 9.10. The first-order valence-corrected chi connectivity index (χ1v) is 5.89. The SMILES string of the molecule is COC(=O)C(Cl)CNCc1ccc(Br)cn1. The van der Waals surface area contributed by atoms with Crippen LogP contribution in [0.5, 0.6) is 0 Å². The average Bonchev–Trinajstić information content (AvgIpc) is 2.30. The first kappa shape index (κ1) is 13.4. The Morgan fingerprint density at radius 3 is 3.00 bits per heavy atom. The van der Waals surface area contributed by atoms with Gasteiger partial charge in [0.15, 0.2) is 0 Å². The first-order chi connectivity index (χ1) is 7.63. The summed E-state index contributed by atoms with van der Waals surface area (Å²) in [4.78, 5) is 15.2. The quantitative estimate of drug-likeness (QED) is 0.665. The van der Waals surface area contributed by atoms with Crippen molar-refractivity contribution in [2.24, 2.45) is 0 Å². The van der Waals surface area contributed by atoms with Gasteiger partial charge in [-0.15, -0.1) is 11.6 Å². The van der Waals surface area contributed by atoms with Crippen molar-refractivity contribution in [3.8, 4) is 0 Å². The summed E-state index contributed by atoms with van der Waals surface area (Å²) in [5, 5.41) is 2.36. The molecule has 0 radical (unpaired) electrons. The van der Waals surface area contributed by atoms with E-state index in [0.29, 0.717) is 13.1 Å². The Kier molecular flexibility index (Phi) is 5.73. The van der Waals surface area contributed by atoms with E-state index in [0.717, 1.165) is 10.2 Å². The zero-order valence-electron chi connectivity index (χ0n) is 8.74. The fraction of sp³-hybridized carbons (Fsp3) is 0.400. The molecule has 0 bridgehead atoms. The summed E-state index contributed by atoms with van der Waals surface area (Å²) in [5.41, 5.74) is 0.886. The van der Waals surface area contributed by atoms with Gasteiger partial charge in [-0.3, -0.25) is 9.78 Å². The Balaban J connectivity index is 2.30. The molecule has 0 saturated heterocycles. The van der Waals surface area contributed by atoms with Gasteiger partial charge in [0.25, 0.3) is 0 Å². The molecule has 4 nitrogen and oxygen atoms in total. The summed E-state index contributed by atoms with van der Waals surface area (Å²) < 4.78 is 5.43. The van der Waals surface area contributed by atoms with Crippen LogP contribution in [0, 0.1) is 0 Å². The van der Waals surface area contributed by atoms with Gasteiger partial charge in [0, 0.05) is 23.8 Å². The lowest BCUT2D eigenvalue weighted by Crippen LogP contribution is -2.29. The van der Waals surface area contributed by atoms with Crippen LogP contribution >= 0.6 is 27.5 Å². The molecular weight excluding hydrogens is 295 g/mol. The lowest BCUT2D eigenvalue weighted by atomic mass is 10.3. The summed E-state index contributed by atoms with van der Waals surface area (Å²) in [6.07, 6.45) is 1.72. The predicted molar refractivity (Wildman–Crippen MR) is 65.3 cm³/mol. The number of pyridine rings is 1. The van der Waals surface area contributed by atoms with E-state index in [-0.39, 0.29) is 0 Å². The van der Waals surface area contributed by atoms with Gasteiger partial charge in [0.1, 0.15) is 5.38 Å². The molecule has 1 N–H and O–H groups in total. The van der Waals surface area contributed by atoms with E-state index < -0.39 is 11.3 Å². The number of esters is 1. The minimum absolute atomic E-state index is 0.353. The molecule has 0 aromatic carbocycles. The van der Waals surface area contributed by atoms with Gasteiger partial charge in [-0.25, -0.2) is 0 Å². The van der Waals surface area contributed by atoms with Crippen LogP contribution in [0.15, 0.2) is 22.8 Å². The fourth-order valence-corrected chi connectivity index (χ4v) is 1.48. The van der Waals surface area contributed by atoms with E-state index in [4.69, 9.17) is 11.6 Å². The summed E-state index contributed by atoms with van der Waals surface area (Å²) in [7, 11) is 1.31. The fourth-order valence-electron chi connectivity index (χ4n) is 1.05. The Bertz CT molecular complexity index is 345. The molecule has 0 fully saturated rings. The number of aromatic nitrogens is 1. The van der Waals surface area contributed by atoms with Crippen LogP contribution < -0.4 is 5.32 Å². The van der Waals surface area contributed by atoms with Crippen LogP contribution in [0.2, 0.25) is 0 Å². The Hall–Kier alpha value is -0.650. The van der Waals surface area contributed by atoms with Gasteiger partial charge >= 0.3 is 5.97 Å². The number of ether oxygens (including phenoxy) is 1. The van der Waals surface area contributed by atoms with Crippen LogP contribution in [-0.2, 0) is 16.1 Å². The van der Waals surface area contributed by atoms with Gasteiger partial charge in [0.05, 0.1) is 12.8 Å². The van der Waals surface area contributed by atoms with Crippen molar-refractivity contribution in [1.29, 1.82) is 0 Å². The monoisotopic (exact) mass is 306 g/mol. The van der Waals surface area contributed by atoms with Gasteiger partial charge in [-0.1, -0.05) is 0 Å². The maximum absolute atomic E-state index is 11.0. The van der Waals surface area contributed by atoms with Crippen molar-refractivity contribution >= 4 is 33.5 Å². The molecule has 1 atom stereocenters. The van der Waals surface area contributed by atoms with Crippen LogP contribution in [0.1, 0.15) is 5.69 Å². The van der Waals surface area contributed by atoms with Crippen molar-refractivity contribution in [3.63, 3.8) is 0 Å². The largest absolute Gasteiger partial charge is 0.468 e. The molecule has 0 aliphatic heterocycles. The molecular formula is C10H12BrClN2O2. The number of carbonyl (C=O) groups excluding carboxylic acids is 1. The number of hydrogen-bond acceptors (Lipinski definition) is 4. The minimum atomic E-state index is -0.666. The Morgan fingerprint density at radius 1 is 1.69 bits per heavy atom. The number of hydrogen-bond donors (Lipinski definition) is 1. The molecule has 0 spiro atoms. The molecule has 16 heavy (non-hydrogen) atoms. The van der Waals surface area contributed by atoms with Crippen molar-refractivity contribution < 1.29 is 9.53 Å². The van der Waals surface area contributed by atoms with Gasteiger partial charge in [-0.05, 0) is 28.1 Å². The van der Waals surface area contributed by atoms with Crippen molar-refractivity contribution in [1.82, 2.24) is 10.3 Å². The van der Waals surface area contributed by atoms with Gasteiger partial charge in [-0.2, -0.15) is 0 Å². The Labute approximate surface area is 107 Å². The summed E-state index contributed by atoms with van der Waals surface area (Å²) in [6, 6.07) is 3.79. The van der Waals surface area contributed by atoms with E-state index >= 15 is 0 Å². The predicted octanol–water partition coefficient (Wildman–Crippen LogP) is 1.71. The minimum Gasteiger partial charge on any atom is -0.468 e. The molecule has 1 aromatic rings. The summed E-state index contributed by atoms with van der Waals surface area (Å²) >= 11 is 9.06.